The summed E-state index contributed by atoms with van der Waals surface area (Å²) in [6.45, 7) is 12.4. The molecule has 0 heteroatoms. The number of fused-ring (bicyclic) bond motifs is 3. The van der Waals surface area contributed by atoms with Gasteiger partial charge in [-0.3, -0.25) is 0 Å². The van der Waals surface area contributed by atoms with E-state index in [0.717, 1.165) is 12.8 Å². The van der Waals surface area contributed by atoms with Crippen LogP contribution in [0.2, 0.25) is 0 Å². The molecule has 1 aliphatic carbocycles. The van der Waals surface area contributed by atoms with Gasteiger partial charge in [0.25, 0.3) is 0 Å². The summed E-state index contributed by atoms with van der Waals surface area (Å²) in [6.07, 6.45) is 18.8. The number of hydrogen-bond donors (Lipinski definition) is 0. The van der Waals surface area contributed by atoms with Crippen LogP contribution in [0.15, 0.2) is 122 Å². The molecule has 1 aliphatic rings. The first-order valence-electron chi connectivity index (χ1n) is 18.8. The zero-order valence-electron chi connectivity index (χ0n) is 29.9. The Hall–Kier alpha value is -4.42. The third-order valence-electron chi connectivity index (χ3n) is 11.0. The molecule has 0 aromatic heterocycles. The van der Waals surface area contributed by atoms with E-state index >= 15 is 0 Å². The lowest BCUT2D eigenvalue weighted by Crippen LogP contribution is -2.26. The van der Waals surface area contributed by atoms with Gasteiger partial charge in [0, 0.05) is 5.41 Å². The molecule has 0 spiro atoms. The first kappa shape index (κ1) is 34.4. The first-order chi connectivity index (χ1) is 24.0. The Morgan fingerprint density at radius 1 is 0.490 bits per heavy atom. The largest absolute Gasteiger partial charge is 0.0985 e. The number of benzene rings is 5. The molecule has 0 nitrogen and oxygen atoms in total. The molecule has 0 N–H and O–H groups in total. The van der Waals surface area contributed by atoms with E-state index in [1.165, 1.54) is 120 Å². The third kappa shape index (κ3) is 8.08. The minimum Gasteiger partial charge on any atom is -0.0985 e. The van der Waals surface area contributed by atoms with Gasteiger partial charge in [-0.1, -0.05) is 173 Å². The lowest BCUT2D eigenvalue weighted by Gasteiger charge is -2.33. The predicted octanol–water partition coefficient (Wildman–Crippen LogP) is 13.9. The van der Waals surface area contributed by atoms with Gasteiger partial charge in [-0.2, -0.15) is 0 Å². The highest BCUT2D eigenvalue weighted by Gasteiger charge is 2.42. The van der Waals surface area contributed by atoms with E-state index in [1.54, 1.807) is 11.1 Å². The van der Waals surface area contributed by atoms with Gasteiger partial charge < -0.3 is 0 Å². The van der Waals surface area contributed by atoms with Crippen molar-refractivity contribution in [1.82, 2.24) is 0 Å². The van der Waals surface area contributed by atoms with Gasteiger partial charge in [0.05, 0.1) is 0 Å². The summed E-state index contributed by atoms with van der Waals surface area (Å²) < 4.78 is 0. The Morgan fingerprint density at radius 2 is 1.02 bits per heavy atom. The van der Waals surface area contributed by atoms with Crippen LogP contribution in [-0.4, -0.2) is 0 Å². The summed E-state index contributed by atoms with van der Waals surface area (Å²) in [4.78, 5) is 0. The SMILES string of the molecule is C=Cc1ccc(CCCCCCC2(CCCCCCc3ccc(C=C)cc3)c3cc(C)ccc3-c3cc(-c4ccccc4)c(C)cc32)cc1. The Balaban J connectivity index is 1.19. The van der Waals surface area contributed by atoms with Crippen molar-refractivity contribution in [3.63, 3.8) is 0 Å². The molecule has 0 atom stereocenters. The van der Waals surface area contributed by atoms with Gasteiger partial charge in [0.15, 0.2) is 0 Å². The lowest BCUT2D eigenvalue weighted by atomic mass is 9.70. The van der Waals surface area contributed by atoms with Gasteiger partial charge in [0.2, 0.25) is 0 Å². The summed E-state index contributed by atoms with van der Waals surface area (Å²) in [7, 11) is 0. The zero-order valence-corrected chi connectivity index (χ0v) is 29.9. The number of rotatable bonds is 17. The molecule has 5 aromatic carbocycles. The molecule has 0 unspecified atom stereocenters. The number of aryl methyl sites for hydroxylation is 4. The van der Waals surface area contributed by atoms with Gasteiger partial charge in [-0.15, -0.1) is 0 Å². The van der Waals surface area contributed by atoms with E-state index in [-0.39, 0.29) is 5.41 Å². The van der Waals surface area contributed by atoms with Gasteiger partial charge in [0.1, 0.15) is 0 Å². The Kier molecular flexibility index (Phi) is 11.5. The Labute approximate surface area is 296 Å². The van der Waals surface area contributed by atoms with Crippen molar-refractivity contribution in [1.29, 1.82) is 0 Å². The van der Waals surface area contributed by atoms with Gasteiger partial charge in [-0.05, 0) is 120 Å². The fourth-order valence-corrected chi connectivity index (χ4v) is 8.21. The topological polar surface area (TPSA) is 0 Å². The van der Waals surface area contributed by atoms with Crippen molar-refractivity contribution in [3.8, 4) is 22.3 Å². The lowest BCUT2D eigenvalue weighted by molar-refractivity contribution is 0.399. The molecule has 0 aliphatic heterocycles. The highest BCUT2D eigenvalue weighted by Crippen LogP contribution is 2.55. The van der Waals surface area contributed by atoms with E-state index in [2.05, 4.69) is 136 Å². The summed E-state index contributed by atoms with van der Waals surface area (Å²) in [5, 5.41) is 0. The summed E-state index contributed by atoms with van der Waals surface area (Å²) in [5.74, 6) is 0. The van der Waals surface area contributed by atoms with Crippen LogP contribution in [-0.2, 0) is 18.3 Å². The molecule has 0 radical (unpaired) electrons. The van der Waals surface area contributed by atoms with Crippen LogP contribution in [0, 0.1) is 13.8 Å². The number of hydrogen-bond acceptors (Lipinski definition) is 0. The average molecular weight is 643 g/mol. The third-order valence-corrected chi connectivity index (χ3v) is 11.0. The molecule has 0 heterocycles. The monoisotopic (exact) mass is 642 g/mol. The van der Waals surface area contributed by atoms with E-state index in [9.17, 15) is 0 Å². The van der Waals surface area contributed by atoms with E-state index in [4.69, 9.17) is 0 Å². The highest BCUT2D eigenvalue weighted by molar-refractivity contribution is 5.86. The standard InChI is InChI=1S/C49H54/c1-5-39-23-27-41(28-24-39)18-12-7-9-16-32-49(33-17-10-8-13-19-42-29-25-40(6-2)26-30-42)47-34-37(3)22-31-44(47)46-36-45(38(4)35-48(46)49)43-20-14-11-15-21-43/h5-6,11,14-15,20-31,34-36H,1-2,7-10,12-13,16-19,32-33H2,3-4H3. The normalized spacial score (nSPS) is 12.8. The molecule has 0 amide bonds. The highest BCUT2D eigenvalue weighted by atomic mass is 14.5. The van der Waals surface area contributed by atoms with E-state index < -0.39 is 0 Å². The van der Waals surface area contributed by atoms with Crippen molar-refractivity contribution in [2.45, 2.75) is 96.3 Å². The van der Waals surface area contributed by atoms with Crippen molar-refractivity contribution >= 4 is 12.2 Å². The minimum absolute atomic E-state index is 0.0811. The van der Waals surface area contributed by atoms with Crippen LogP contribution in [0.1, 0.15) is 109 Å². The van der Waals surface area contributed by atoms with Crippen LogP contribution >= 0.6 is 0 Å². The van der Waals surface area contributed by atoms with Crippen molar-refractivity contribution in [2.24, 2.45) is 0 Å². The number of unbranched alkanes of at least 4 members (excludes halogenated alkanes) is 6. The van der Waals surface area contributed by atoms with Crippen molar-refractivity contribution in [2.75, 3.05) is 0 Å². The second-order valence-corrected chi connectivity index (χ2v) is 14.4. The van der Waals surface area contributed by atoms with Gasteiger partial charge in [-0.25, -0.2) is 0 Å². The van der Waals surface area contributed by atoms with E-state index in [0.29, 0.717) is 0 Å². The molecule has 0 saturated carbocycles. The second kappa shape index (κ2) is 16.3. The Bertz CT molecular complexity index is 1770. The second-order valence-electron chi connectivity index (χ2n) is 14.4. The molecule has 0 saturated heterocycles. The molecular weight excluding hydrogens is 589 g/mol. The molecule has 6 rings (SSSR count). The smallest absolute Gasteiger partial charge is 0.0215 e. The minimum atomic E-state index is 0.0811. The van der Waals surface area contributed by atoms with Crippen molar-refractivity contribution < 1.29 is 0 Å². The molecule has 5 aromatic rings. The van der Waals surface area contributed by atoms with Crippen LogP contribution in [0.4, 0.5) is 0 Å². The van der Waals surface area contributed by atoms with Crippen LogP contribution in [0.25, 0.3) is 34.4 Å². The quantitative estimate of drug-likeness (QED) is 0.0885. The molecule has 0 bridgehead atoms. The molecule has 0 fully saturated rings. The maximum Gasteiger partial charge on any atom is 0.0215 e. The van der Waals surface area contributed by atoms with Crippen LogP contribution < -0.4 is 0 Å². The fourth-order valence-electron chi connectivity index (χ4n) is 8.21. The van der Waals surface area contributed by atoms with Gasteiger partial charge >= 0.3 is 0 Å². The molecule has 250 valence electrons. The average Bonchev–Trinajstić information content (AvgIpc) is 3.39. The summed E-state index contributed by atoms with van der Waals surface area (Å²) in [6, 6.07) is 41.2. The Morgan fingerprint density at radius 3 is 1.57 bits per heavy atom. The van der Waals surface area contributed by atoms with E-state index in [1.807, 2.05) is 12.2 Å². The fraction of sp³-hybridized carbons (Fsp3) is 0.306. The van der Waals surface area contributed by atoms with Crippen molar-refractivity contribution in [3.05, 3.63) is 167 Å². The summed E-state index contributed by atoms with van der Waals surface area (Å²) in [5.41, 5.74) is 16.9. The van der Waals surface area contributed by atoms with Crippen LogP contribution in [0.3, 0.4) is 0 Å². The zero-order chi connectivity index (χ0) is 34.1. The predicted molar refractivity (Wildman–Crippen MR) is 214 cm³/mol. The summed E-state index contributed by atoms with van der Waals surface area (Å²) >= 11 is 0. The molecule has 49 heavy (non-hydrogen) atoms. The molecular formula is C49H54. The van der Waals surface area contributed by atoms with Crippen LogP contribution in [0.5, 0.6) is 0 Å². The maximum absolute atomic E-state index is 3.90. The maximum atomic E-state index is 3.90. The first-order valence-corrected chi connectivity index (χ1v) is 18.8.